The van der Waals surface area contributed by atoms with Crippen molar-refractivity contribution in [2.24, 2.45) is 40.9 Å². The average molecular weight is 365 g/mol. The molecule has 0 aromatic heterocycles. The maximum atomic E-state index is 12.3. The highest BCUT2D eigenvalue weighted by atomic mass is 16.5. The molecule has 0 aromatic rings. The standard InChI is InChI=1S/C22H36O4/c1-21-9-7-16-15-8-10-22(25,13-26-2)11-14(15)3-4-17(16)18(21)5-6-19(21)20(24)12-23/h14-19,23,25H,3-13H2,1-2H3/t14-,15-,16+,17?,18-,19+,21-,22+/m0/s1. The van der Waals surface area contributed by atoms with Gasteiger partial charge >= 0.3 is 0 Å². The molecule has 4 rings (SSSR count). The number of fused-ring (bicyclic) bond motifs is 5. The van der Waals surface area contributed by atoms with Crippen LogP contribution >= 0.6 is 0 Å². The SMILES string of the molecule is COC[C@@]1(O)CC[C@H]2[C@@H](CCC3[C@@H]2CC[C@]2(C)[C@@H](C(=O)CO)CC[C@@H]32)C1. The molecule has 0 bridgehead atoms. The van der Waals surface area contributed by atoms with Gasteiger partial charge < -0.3 is 14.9 Å². The van der Waals surface area contributed by atoms with Gasteiger partial charge in [-0.3, -0.25) is 4.79 Å². The van der Waals surface area contributed by atoms with Crippen LogP contribution in [0.25, 0.3) is 0 Å². The summed E-state index contributed by atoms with van der Waals surface area (Å²) in [5.74, 6) is 3.73. The van der Waals surface area contributed by atoms with Crippen LogP contribution in [-0.4, -0.2) is 41.9 Å². The maximum absolute atomic E-state index is 12.3. The lowest BCUT2D eigenvalue weighted by atomic mass is 9.49. The second-order valence-electron chi connectivity index (χ2n) is 10.1. The number of ketones is 1. The smallest absolute Gasteiger partial charge is 0.161 e. The Morgan fingerprint density at radius 3 is 2.54 bits per heavy atom. The molecule has 4 aliphatic carbocycles. The summed E-state index contributed by atoms with van der Waals surface area (Å²) < 4.78 is 5.28. The molecule has 4 fully saturated rings. The van der Waals surface area contributed by atoms with Gasteiger partial charge in [0.25, 0.3) is 0 Å². The fraction of sp³-hybridized carbons (Fsp3) is 0.955. The zero-order valence-electron chi connectivity index (χ0n) is 16.5. The lowest BCUT2D eigenvalue weighted by Gasteiger charge is -2.57. The molecule has 4 heteroatoms. The van der Waals surface area contributed by atoms with Crippen LogP contribution in [0.5, 0.6) is 0 Å². The van der Waals surface area contributed by atoms with Gasteiger partial charge in [0.1, 0.15) is 6.61 Å². The molecule has 1 unspecified atom stereocenters. The largest absolute Gasteiger partial charge is 0.389 e. The van der Waals surface area contributed by atoms with Crippen LogP contribution in [0.4, 0.5) is 0 Å². The van der Waals surface area contributed by atoms with Crippen LogP contribution in [-0.2, 0) is 9.53 Å². The van der Waals surface area contributed by atoms with Crippen molar-refractivity contribution >= 4 is 5.78 Å². The van der Waals surface area contributed by atoms with Gasteiger partial charge in [0, 0.05) is 13.0 Å². The highest BCUT2D eigenvalue weighted by molar-refractivity contribution is 5.83. The molecule has 0 amide bonds. The van der Waals surface area contributed by atoms with E-state index in [1.165, 1.54) is 25.7 Å². The first kappa shape index (κ1) is 18.9. The monoisotopic (exact) mass is 364 g/mol. The number of hydrogen-bond donors (Lipinski definition) is 2. The van der Waals surface area contributed by atoms with E-state index >= 15 is 0 Å². The predicted octanol–water partition coefficient (Wildman–Crippen LogP) is 3.19. The number of aliphatic hydroxyl groups excluding tert-OH is 1. The van der Waals surface area contributed by atoms with Gasteiger partial charge in [-0.05, 0) is 92.8 Å². The first-order valence-electron chi connectivity index (χ1n) is 10.8. The third-order valence-corrected chi connectivity index (χ3v) is 9.06. The molecule has 4 aliphatic rings. The van der Waals surface area contributed by atoms with Crippen molar-refractivity contribution < 1.29 is 19.7 Å². The minimum atomic E-state index is -0.613. The van der Waals surface area contributed by atoms with Gasteiger partial charge in [0.05, 0.1) is 12.2 Å². The molecule has 2 N–H and O–H groups in total. The molecule has 0 radical (unpaired) electrons. The van der Waals surface area contributed by atoms with Gasteiger partial charge in [-0.1, -0.05) is 6.92 Å². The number of carbonyl (C=O) groups excluding carboxylic acids is 1. The molecular weight excluding hydrogens is 328 g/mol. The van der Waals surface area contributed by atoms with Crippen LogP contribution in [0.15, 0.2) is 0 Å². The molecule has 8 atom stereocenters. The summed E-state index contributed by atoms with van der Waals surface area (Å²) in [5.41, 5.74) is -0.503. The lowest BCUT2D eigenvalue weighted by Crippen LogP contribution is -2.52. The molecule has 148 valence electrons. The van der Waals surface area contributed by atoms with Crippen molar-refractivity contribution in [3.05, 3.63) is 0 Å². The molecule has 0 saturated heterocycles. The fourth-order valence-electron chi connectivity index (χ4n) is 8.00. The minimum absolute atomic E-state index is 0.0735. The van der Waals surface area contributed by atoms with Gasteiger partial charge in [-0.15, -0.1) is 0 Å². The first-order valence-corrected chi connectivity index (χ1v) is 10.8. The molecule has 0 aromatic carbocycles. The highest BCUT2D eigenvalue weighted by Crippen LogP contribution is 2.64. The molecule has 4 saturated carbocycles. The summed E-state index contributed by atoms with van der Waals surface area (Å²) in [4.78, 5) is 12.3. The van der Waals surface area contributed by atoms with Gasteiger partial charge in [0.2, 0.25) is 0 Å². The highest BCUT2D eigenvalue weighted by Gasteiger charge is 2.58. The van der Waals surface area contributed by atoms with E-state index in [4.69, 9.17) is 4.74 Å². The summed E-state index contributed by atoms with van der Waals surface area (Å²) in [6, 6.07) is 0. The van der Waals surface area contributed by atoms with Crippen molar-refractivity contribution in [1.29, 1.82) is 0 Å². The molecule has 0 heterocycles. The fourth-order valence-corrected chi connectivity index (χ4v) is 8.00. The number of rotatable bonds is 4. The second kappa shape index (κ2) is 6.86. The van der Waals surface area contributed by atoms with Crippen LogP contribution < -0.4 is 0 Å². The van der Waals surface area contributed by atoms with E-state index in [1.54, 1.807) is 7.11 Å². The number of Topliss-reactive ketones (excluding diaryl/α,β-unsaturated/α-hetero) is 1. The van der Waals surface area contributed by atoms with Gasteiger partial charge in [-0.2, -0.15) is 0 Å². The number of ether oxygens (including phenoxy) is 1. The number of aliphatic hydroxyl groups is 2. The second-order valence-corrected chi connectivity index (χ2v) is 10.1. The normalized spacial score (nSPS) is 50.6. The van der Waals surface area contributed by atoms with E-state index in [2.05, 4.69) is 6.92 Å². The Hall–Kier alpha value is -0.450. The van der Waals surface area contributed by atoms with Crippen LogP contribution in [0, 0.1) is 40.9 Å². The third-order valence-electron chi connectivity index (χ3n) is 9.06. The quantitative estimate of drug-likeness (QED) is 0.804. The molecular formula is C22H36O4. The van der Waals surface area contributed by atoms with Crippen LogP contribution in [0.1, 0.15) is 64.7 Å². The van der Waals surface area contributed by atoms with Crippen LogP contribution in [0.2, 0.25) is 0 Å². The lowest BCUT2D eigenvalue weighted by molar-refractivity contribution is -0.138. The van der Waals surface area contributed by atoms with Crippen LogP contribution in [0.3, 0.4) is 0 Å². The maximum Gasteiger partial charge on any atom is 0.161 e. The Kier molecular flexibility index (Phi) is 4.98. The first-order chi connectivity index (χ1) is 12.4. The Morgan fingerprint density at radius 1 is 1.04 bits per heavy atom. The van der Waals surface area contributed by atoms with E-state index in [0.717, 1.165) is 49.9 Å². The third kappa shape index (κ3) is 2.87. The van der Waals surface area contributed by atoms with Crippen molar-refractivity contribution in [2.75, 3.05) is 20.3 Å². The summed E-state index contributed by atoms with van der Waals surface area (Å²) in [7, 11) is 1.69. The Morgan fingerprint density at radius 2 is 1.81 bits per heavy atom. The predicted molar refractivity (Wildman–Crippen MR) is 99.5 cm³/mol. The van der Waals surface area contributed by atoms with Crippen molar-refractivity contribution in [3.63, 3.8) is 0 Å². The zero-order chi connectivity index (χ0) is 18.5. The Balaban J connectivity index is 1.50. The van der Waals surface area contributed by atoms with E-state index in [1.807, 2.05) is 0 Å². The van der Waals surface area contributed by atoms with E-state index in [-0.39, 0.29) is 23.7 Å². The molecule has 26 heavy (non-hydrogen) atoms. The molecule has 4 nitrogen and oxygen atoms in total. The molecule has 0 aliphatic heterocycles. The Bertz CT molecular complexity index is 548. The van der Waals surface area contributed by atoms with E-state index < -0.39 is 5.60 Å². The number of hydrogen-bond acceptors (Lipinski definition) is 4. The number of carbonyl (C=O) groups is 1. The van der Waals surface area contributed by atoms with Crippen molar-refractivity contribution in [2.45, 2.75) is 70.3 Å². The van der Waals surface area contributed by atoms with E-state index in [0.29, 0.717) is 18.4 Å². The van der Waals surface area contributed by atoms with Crippen molar-refractivity contribution in [1.82, 2.24) is 0 Å². The topological polar surface area (TPSA) is 66.8 Å². The number of methoxy groups -OCH3 is 1. The van der Waals surface area contributed by atoms with Gasteiger partial charge in [0.15, 0.2) is 5.78 Å². The Labute approximate surface area is 157 Å². The minimum Gasteiger partial charge on any atom is -0.389 e. The summed E-state index contributed by atoms with van der Waals surface area (Å²) >= 11 is 0. The average Bonchev–Trinajstić information content (AvgIpc) is 2.98. The summed E-state index contributed by atoms with van der Waals surface area (Å²) in [6.07, 6.45) is 9.91. The summed E-state index contributed by atoms with van der Waals surface area (Å²) in [6.45, 7) is 2.52. The molecule has 0 spiro atoms. The zero-order valence-corrected chi connectivity index (χ0v) is 16.5. The van der Waals surface area contributed by atoms with E-state index in [9.17, 15) is 15.0 Å². The van der Waals surface area contributed by atoms with Crippen molar-refractivity contribution in [3.8, 4) is 0 Å². The summed E-state index contributed by atoms with van der Waals surface area (Å²) in [5, 5.41) is 20.2. The van der Waals surface area contributed by atoms with Gasteiger partial charge in [-0.25, -0.2) is 0 Å².